The Bertz CT molecular complexity index is 534. The molecule has 0 aliphatic rings. The highest BCUT2D eigenvalue weighted by molar-refractivity contribution is 9.13. The molecule has 0 aliphatic carbocycles. The second kappa shape index (κ2) is 5.15. The van der Waals surface area contributed by atoms with Crippen LogP contribution in [-0.2, 0) is 0 Å². The summed E-state index contributed by atoms with van der Waals surface area (Å²) in [5.41, 5.74) is 0. The highest BCUT2D eigenvalue weighted by Crippen LogP contribution is 2.32. The van der Waals surface area contributed by atoms with E-state index in [4.69, 9.17) is 4.74 Å². The van der Waals surface area contributed by atoms with Crippen LogP contribution >= 0.6 is 43.2 Å². The molecule has 0 fully saturated rings. The van der Waals surface area contributed by atoms with E-state index in [1.165, 1.54) is 18.4 Å². The number of hydrogen-bond donors (Lipinski definition) is 2. The normalized spacial score (nSPS) is 10.3. The van der Waals surface area contributed by atoms with Crippen molar-refractivity contribution >= 4 is 55.1 Å². The van der Waals surface area contributed by atoms with E-state index in [1.807, 2.05) is 0 Å². The molecular weight excluding hydrogens is 376 g/mol. The van der Waals surface area contributed by atoms with Crippen molar-refractivity contribution in [1.29, 1.82) is 0 Å². The third kappa shape index (κ3) is 2.85. The summed E-state index contributed by atoms with van der Waals surface area (Å²) in [5.74, 6) is -0.0207. The Balaban J connectivity index is 2.11. The number of nitrogens with zero attached hydrogens (tertiary/aromatic N) is 2. The van der Waals surface area contributed by atoms with Gasteiger partial charge in [-0.1, -0.05) is 0 Å². The van der Waals surface area contributed by atoms with Gasteiger partial charge in [0.25, 0.3) is 5.91 Å². The SMILES string of the molecule is COc1n[nH]c(NC(=O)c2cc(Br)c(Br)s2)n1. The number of aromatic nitrogens is 3. The molecule has 9 heteroatoms. The van der Waals surface area contributed by atoms with Gasteiger partial charge < -0.3 is 4.74 Å². The highest BCUT2D eigenvalue weighted by atomic mass is 79.9. The molecule has 0 spiro atoms. The van der Waals surface area contributed by atoms with Crippen LogP contribution in [0, 0.1) is 0 Å². The minimum Gasteiger partial charge on any atom is -0.466 e. The summed E-state index contributed by atoms with van der Waals surface area (Å²) < 4.78 is 6.48. The monoisotopic (exact) mass is 380 g/mol. The van der Waals surface area contributed by atoms with E-state index in [0.29, 0.717) is 4.88 Å². The molecule has 1 amide bonds. The van der Waals surface area contributed by atoms with Crippen LogP contribution in [0.25, 0.3) is 0 Å². The first-order valence-electron chi connectivity index (χ1n) is 4.32. The number of carbonyl (C=O) groups excluding carboxylic acids is 1. The number of ether oxygens (including phenoxy) is 1. The lowest BCUT2D eigenvalue weighted by Gasteiger charge is -1.96. The maximum Gasteiger partial charge on any atom is 0.336 e. The molecule has 2 aromatic heterocycles. The number of aromatic amines is 1. The molecule has 2 aromatic rings. The second-order valence-corrected chi connectivity index (χ2v) is 6.08. The number of H-pyrrole nitrogens is 1. The quantitative estimate of drug-likeness (QED) is 0.856. The predicted molar refractivity (Wildman–Crippen MR) is 70.6 cm³/mol. The molecule has 17 heavy (non-hydrogen) atoms. The molecule has 90 valence electrons. The summed E-state index contributed by atoms with van der Waals surface area (Å²) in [4.78, 5) is 16.2. The van der Waals surface area contributed by atoms with Crippen LogP contribution in [0.3, 0.4) is 0 Å². The Morgan fingerprint density at radius 2 is 2.35 bits per heavy atom. The fourth-order valence-electron chi connectivity index (χ4n) is 1.02. The minimum absolute atomic E-state index is 0.175. The number of anilines is 1. The third-order valence-electron chi connectivity index (χ3n) is 1.75. The van der Waals surface area contributed by atoms with Gasteiger partial charge in [-0.2, -0.15) is 4.98 Å². The maximum atomic E-state index is 11.8. The minimum atomic E-state index is -0.264. The molecule has 0 atom stereocenters. The van der Waals surface area contributed by atoms with E-state index in [1.54, 1.807) is 6.07 Å². The van der Waals surface area contributed by atoms with E-state index >= 15 is 0 Å². The Kier molecular flexibility index (Phi) is 3.79. The standard InChI is InChI=1S/C8H6Br2N4O2S/c1-16-8-12-7(13-14-8)11-6(15)4-2-3(9)5(10)17-4/h2H,1H3,(H2,11,12,13,14,15). The largest absolute Gasteiger partial charge is 0.466 e. The van der Waals surface area contributed by atoms with Crippen molar-refractivity contribution in [2.45, 2.75) is 0 Å². The Labute approximate surface area is 117 Å². The number of carbonyl (C=O) groups is 1. The van der Waals surface area contributed by atoms with Crippen LogP contribution in [0.1, 0.15) is 9.67 Å². The van der Waals surface area contributed by atoms with Crippen LogP contribution in [0.2, 0.25) is 0 Å². The summed E-state index contributed by atoms with van der Waals surface area (Å²) in [6.45, 7) is 0. The lowest BCUT2D eigenvalue weighted by atomic mass is 10.4. The van der Waals surface area contributed by atoms with Crippen molar-refractivity contribution in [2.24, 2.45) is 0 Å². The smallest absolute Gasteiger partial charge is 0.336 e. The number of thiophene rings is 1. The van der Waals surface area contributed by atoms with Crippen molar-refractivity contribution < 1.29 is 9.53 Å². The molecule has 0 aromatic carbocycles. The zero-order chi connectivity index (χ0) is 12.4. The van der Waals surface area contributed by atoms with Crippen LogP contribution in [0.5, 0.6) is 6.01 Å². The first-order chi connectivity index (χ1) is 8.10. The topological polar surface area (TPSA) is 79.9 Å². The molecule has 0 saturated heterocycles. The predicted octanol–water partition coefficient (Wildman–Crippen LogP) is 2.65. The number of methoxy groups -OCH3 is 1. The Morgan fingerprint density at radius 3 is 2.88 bits per heavy atom. The number of hydrogen-bond acceptors (Lipinski definition) is 5. The lowest BCUT2D eigenvalue weighted by molar-refractivity contribution is 0.102. The van der Waals surface area contributed by atoms with Crippen molar-refractivity contribution in [3.8, 4) is 6.01 Å². The van der Waals surface area contributed by atoms with Gasteiger partial charge in [0, 0.05) is 4.47 Å². The third-order valence-corrected chi connectivity index (χ3v) is 5.00. The van der Waals surface area contributed by atoms with Crippen LogP contribution in [-0.4, -0.2) is 28.2 Å². The molecule has 0 bridgehead atoms. The maximum absolute atomic E-state index is 11.8. The number of rotatable bonds is 3. The van der Waals surface area contributed by atoms with Crippen molar-refractivity contribution in [1.82, 2.24) is 15.2 Å². The van der Waals surface area contributed by atoms with Crippen molar-refractivity contribution in [3.05, 3.63) is 19.2 Å². The van der Waals surface area contributed by atoms with Gasteiger partial charge in [-0.15, -0.1) is 16.4 Å². The zero-order valence-corrected chi connectivity index (χ0v) is 12.4. The number of halogens is 2. The van der Waals surface area contributed by atoms with Gasteiger partial charge in [0.1, 0.15) is 0 Å². The van der Waals surface area contributed by atoms with Crippen molar-refractivity contribution in [3.63, 3.8) is 0 Å². The molecule has 0 unspecified atom stereocenters. The summed E-state index contributed by atoms with van der Waals surface area (Å²) in [6.07, 6.45) is 0. The van der Waals surface area contributed by atoms with Gasteiger partial charge in [-0.3, -0.25) is 10.1 Å². The summed E-state index contributed by atoms with van der Waals surface area (Å²) >= 11 is 7.95. The molecular formula is C8H6Br2N4O2S. The average Bonchev–Trinajstić information content (AvgIpc) is 2.87. The number of nitrogens with one attached hydrogen (secondary N) is 2. The average molecular weight is 382 g/mol. The molecule has 0 aliphatic heterocycles. The Morgan fingerprint density at radius 1 is 1.59 bits per heavy atom. The van der Waals surface area contributed by atoms with Crippen LogP contribution < -0.4 is 10.1 Å². The second-order valence-electron chi connectivity index (χ2n) is 2.86. The first-order valence-corrected chi connectivity index (χ1v) is 6.73. The van der Waals surface area contributed by atoms with Gasteiger partial charge in [-0.25, -0.2) is 5.10 Å². The van der Waals surface area contributed by atoms with Crippen LogP contribution in [0.15, 0.2) is 14.3 Å². The highest BCUT2D eigenvalue weighted by Gasteiger charge is 2.14. The van der Waals surface area contributed by atoms with E-state index in [2.05, 4.69) is 52.4 Å². The first kappa shape index (κ1) is 12.5. The summed E-state index contributed by atoms with van der Waals surface area (Å²) in [7, 11) is 1.45. The van der Waals surface area contributed by atoms with Gasteiger partial charge in [-0.05, 0) is 37.9 Å². The number of amides is 1. The summed E-state index contributed by atoms with van der Waals surface area (Å²) in [5, 5.41) is 8.83. The molecule has 0 radical (unpaired) electrons. The van der Waals surface area contributed by atoms with Gasteiger partial charge in [0.2, 0.25) is 5.95 Å². The van der Waals surface area contributed by atoms with Crippen molar-refractivity contribution in [2.75, 3.05) is 12.4 Å². The fraction of sp³-hybridized carbons (Fsp3) is 0.125. The molecule has 2 N–H and O–H groups in total. The van der Waals surface area contributed by atoms with Crippen LogP contribution in [0.4, 0.5) is 5.95 Å². The molecule has 0 saturated carbocycles. The van der Waals surface area contributed by atoms with Gasteiger partial charge in [0.15, 0.2) is 0 Å². The Hall–Kier alpha value is -0.930. The molecule has 2 rings (SSSR count). The van der Waals surface area contributed by atoms with Gasteiger partial charge in [0.05, 0.1) is 15.8 Å². The zero-order valence-electron chi connectivity index (χ0n) is 8.45. The fourth-order valence-corrected chi connectivity index (χ4v) is 2.95. The summed E-state index contributed by atoms with van der Waals surface area (Å²) in [6, 6.07) is 1.89. The van der Waals surface area contributed by atoms with E-state index < -0.39 is 0 Å². The lowest BCUT2D eigenvalue weighted by Crippen LogP contribution is -2.11. The molecule has 6 nitrogen and oxygen atoms in total. The van der Waals surface area contributed by atoms with E-state index in [9.17, 15) is 4.79 Å². The van der Waals surface area contributed by atoms with Gasteiger partial charge >= 0.3 is 6.01 Å². The van der Waals surface area contributed by atoms with E-state index in [0.717, 1.165) is 8.26 Å². The van der Waals surface area contributed by atoms with E-state index in [-0.39, 0.29) is 17.9 Å². The molecule has 2 heterocycles.